The van der Waals surface area contributed by atoms with Crippen LogP contribution in [-0.2, 0) is 4.79 Å². The van der Waals surface area contributed by atoms with E-state index in [4.69, 9.17) is 9.26 Å². The molecule has 0 aliphatic rings. The van der Waals surface area contributed by atoms with Crippen LogP contribution in [0, 0.1) is 6.92 Å². The van der Waals surface area contributed by atoms with Crippen molar-refractivity contribution >= 4 is 23.6 Å². The molecule has 0 fully saturated rings. The maximum Gasteiger partial charge on any atom is 0.237 e. The molecule has 2 aromatic rings. The van der Waals surface area contributed by atoms with Crippen LogP contribution in [0.3, 0.4) is 0 Å². The van der Waals surface area contributed by atoms with Gasteiger partial charge in [-0.05, 0) is 38.1 Å². The Hall–Kier alpha value is -1.95. The molecular formula is C14H16N2O3S. The zero-order chi connectivity index (χ0) is 14.4. The second-order valence-corrected chi connectivity index (χ2v) is 5.12. The molecule has 0 saturated heterocycles. The van der Waals surface area contributed by atoms with E-state index in [1.54, 1.807) is 13.0 Å². The van der Waals surface area contributed by atoms with Crippen molar-refractivity contribution in [3.63, 3.8) is 0 Å². The van der Waals surface area contributed by atoms with Gasteiger partial charge in [-0.15, -0.1) is 11.8 Å². The first-order chi connectivity index (χ1) is 9.67. The number of carbonyl (C=O) groups excluding carboxylic acids is 1. The van der Waals surface area contributed by atoms with Gasteiger partial charge in [0.1, 0.15) is 5.75 Å². The van der Waals surface area contributed by atoms with Crippen LogP contribution in [0.2, 0.25) is 0 Å². The Bertz CT molecular complexity index is 566. The van der Waals surface area contributed by atoms with Crippen LogP contribution in [0.1, 0.15) is 12.6 Å². The Balaban J connectivity index is 1.80. The van der Waals surface area contributed by atoms with Crippen molar-refractivity contribution in [2.75, 3.05) is 17.7 Å². The summed E-state index contributed by atoms with van der Waals surface area (Å²) in [6, 6.07) is 9.33. The number of nitrogens with zero attached hydrogens (tertiary/aromatic N) is 1. The molecule has 0 bridgehead atoms. The van der Waals surface area contributed by atoms with Gasteiger partial charge in [0.2, 0.25) is 11.8 Å². The molecule has 0 atom stereocenters. The normalized spacial score (nSPS) is 10.3. The summed E-state index contributed by atoms with van der Waals surface area (Å²) in [4.78, 5) is 12.7. The van der Waals surface area contributed by atoms with E-state index < -0.39 is 0 Å². The molecule has 0 aliphatic carbocycles. The van der Waals surface area contributed by atoms with E-state index in [9.17, 15) is 4.79 Å². The van der Waals surface area contributed by atoms with Gasteiger partial charge in [-0.25, -0.2) is 0 Å². The number of benzene rings is 1. The predicted molar refractivity (Wildman–Crippen MR) is 78.2 cm³/mol. The highest BCUT2D eigenvalue weighted by atomic mass is 32.2. The van der Waals surface area contributed by atoms with Gasteiger partial charge in [-0.2, -0.15) is 0 Å². The van der Waals surface area contributed by atoms with Crippen LogP contribution in [0.25, 0.3) is 0 Å². The van der Waals surface area contributed by atoms with Gasteiger partial charge in [0.25, 0.3) is 0 Å². The first-order valence-electron chi connectivity index (χ1n) is 6.26. The molecule has 20 heavy (non-hydrogen) atoms. The monoisotopic (exact) mass is 292 g/mol. The molecule has 106 valence electrons. The van der Waals surface area contributed by atoms with Gasteiger partial charge in [-0.1, -0.05) is 5.16 Å². The number of thioether (sulfide) groups is 1. The maximum absolute atomic E-state index is 11.7. The molecular weight excluding hydrogens is 276 g/mol. The van der Waals surface area contributed by atoms with Crippen LogP contribution in [0.4, 0.5) is 5.88 Å². The fraction of sp³-hybridized carbons (Fsp3) is 0.286. The SMILES string of the molecule is CCOc1ccc(SCC(=O)Nc2cc(C)no2)cc1. The smallest absolute Gasteiger partial charge is 0.237 e. The van der Waals surface area contributed by atoms with Crippen molar-refractivity contribution in [3.05, 3.63) is 36.0 Å². The molecule has 0 saturated carbocycles. The molecule has 0 aliphatic heterocycles. The lowest BCUT2D eigenvalue weighted by molar-refractivity contribution is -0.113. The number of hydrogen-bond donors (Lipinski definition) is 1. The number of rotatable bonds is 6. The van der Waals surface area contributed by atoms with E-state index in [-0.39, 0.29) is 5.91 Å². The van der Waals surface area contributed by atoms with E-state index in [0.29, 0.717) is 18.2 Å². The average molecular weight is 292 g/mol. The molecule has 0 radical (unpaired) electrons. The third-order valence-corrected chi connectivity index (χ3v) is 3.41. The largest absolute Gasteiger partial charge is 0.494 e. The summed E-state index contributed by atoms with van der Waals surface area (Å²) in [5.41, 5.74) is 0.736. The summed E-state index contributed by atoms with van der Waals surface area (Å²) in [5.74, 6) is 1.39. The number of carbonyl (C=O) groups is 1. The highest BCUT2D eigenvalue weighted by molar-refractivity contribution is 8.00. The number of amides is 1. The summed E-state index contributed by atoms with van der Waals surface area (Å²) in [6.07, 6.45) is 0. The van der Waals surface area contributed by atoms with E-state index in [0.717, 1.165) is 16.3 Å². The van der Waals surface area contributed by atoms with Crippen molar-refractivity contribution in [2.24, 2.45) is 0 Å². The van der Waals surface area contributed by atoms with Crippen LogP contribution in [-0.4, -0.2) is 23.4 Å². The summed E-state index contributed by atoms with van der Waals surface area (Å²) < 4.78 is 10.3. The van der Waals surface area contributed by atoms with Crippen molar-refractivity contribution < 1.29 is 14.1 Å². The van der Waals surface area contributed by atoms with Crippen LogP contribution in [0.5, 0.6) is 5.75 Å². The molecule has 1 amide bonds. The summed E-state index contributed by atoms with van der Waals surface area (Å²) in [5, 5.41) is 6.36. The molecule has 1 heterocycles. The number of nitrogens with one attached hydrogen (secondary N) is 1. The molecule has 5 nitrogen and oxygen atoms in total. The number of anilines is 1. The third kappa shape index (κ3) is 4.31. The standard InChI is InChI=1S/C14H16N2O3S/c1-3-18-11-4-6-12(7-5-11)20-9-13(17)15-14-8-10(2)16-19-14/h4-8H,3,9H2,1-2H3,(H,15,17). The highest BCUT2D eigenvalue weighted by Crippen LogP contribution is 2.21. The van der Waals surface area contributed by atoms with Crippen LogP contribution < -0.4 is 10.1 Å². The molecule has 0 unspecified atom stereocenters. The van der Waals surface area contributed by atoms with Gasteiger partial charge < -0.3 is 9.26 Å². The van der Waals surface area contributed by atoms with E-state index in [1.807, 2.05) is 31.2 Å². The fourth-order valence-electron chi connectivity index (χ4n) is 1.54. The minimum atomic E-state index is -0.125. The summed E-state index contributed by atoms with van der Waals surface area (Å²) in [7, 11) is 0. The minimum Gasteiger partial charge on any atom is -0.494 e. The van der Waals surface area contributed by atoms with Crippen molar-refractivity contribution in [3.8, 4) is 5.75 Å². The zero-order valence-corrected chi connectivity index (χ0v) is 12.2. The third-order valence-electron chi connectivity index (χ3n) is 2.40. The number of hydrogen-bond acceptors (Lipinski definition) is 5. The Morgan fingerprint density at radius 1 is 1.40 bits per heavy atom. The number of ether oxygens (including phenoxy) is 1. The molecule has 1 aromatic carbocycles. The maximum atomic E-state index is 11.7. The van der Waals surface area contributed by atoms with E-state index in [1.165, 1.54) is 11.8 Å². The highest BCUT2D eigenvalue weighted by Gasteiger charge is 2.07. The van der Waals surface area contributed by atoms with Gasteiger partial charge in [-0.3, -0.25) is 10.1 Å². The fourth-order valence-corrected chi connectivity index (χ4v) is 2.24. The Labute approximate surface area is 121 Å². The van der Waals surface area contributed by atoms with Crippen molar-refractivity contribution in [1.82, 2.24) is 5.16 Å². The lowest BCUT2D eigenvalue weighted by atomic mass is 10.3. The van der Waals surface area contributed by atoms with Crippen molar-refractivity contribution in [1.29, 1.82) is 0 Å². The van der Waals surface area contributed by atoms with Crippen LogP contribution >= 0.6 is 11.8 Å². The van der Waals surface area contributed by atoms with E-state index >= 15 is 0 Å². The quantitative estimate of drug-likeness (QED) is 0.829. The molecule has 2 rings (SSSR count). The Morgan fingerprint density at radius 2 is 2.15 bits per heavy atom. The molecule has 1 aromatic heterocycles. The minimum absolute atomic E-state index is 0.125. The summed E-state index contributed by atoms with van der Waals surface area (Å²) in [6.45, 7) is 4.39. The molecule has 1 N–H and O–H groups in total. The Morgan fingerprint density at radius 3 is 2.75 bits per heavy atom. The lowest BCUT2D eigenvalue weighted by Crippen LogP contribution is -2.13. The number of aryl methyl sites for hydroxylation is 1. The molecule has 0 spiro atoms. The predicted octanol–water partition coefficient (Wildman–Crippen LogP) is 3.11. The lowest BCUT2D eigenvalue weighted by Gasteiger charge is -2.04. The molecule has 6 heteroatoms. The summed E-state index contributed by atoms with van der Waals surface area (Å²) >= 11 is 1.45. The zero-order valence-electron chi connectivity index (χ0n) is 11.4. The number of aromatic nitrogens is 1. The van der Waals surface area contributed by atoms with Gasteiger partial charge in [0, 0.05) is 11.0 Å². The van der Waals surface area contributed by atoms with Crippen LogP contribution in [0.15, 0.2) is 39.8 Å². The van der Waals surface area contributed by atoms with Gasteiger partial charge >= 0.3 is 0 Å². The van der Waals surface area contributed by atoms with Gasteiger partial charge in [0.05, 0.1) is 18.1 Å². The van der Waals surface area contributed by atoms with E-state index in [2.05, 4.69) is 10.5 Å². The average Bonchev–Trinajstić information content (AvgIpc) is 2.84. The second kappa shape index (κ2) is 7.00. The first-order valence-corrected chi connectivity index (χ1v) is 7.25. The first kappa shape index (κ1) is 14.5. The second-order valence-electron chi connectivity index (χ2n) is 4.07. The topological polar surface area (TPSA) is 64.4 Å². The van der Waals surface area contributed by atoms with Crippen molar-refractivity contribution in [2.45, 2.75) is 18.7 Å². The Kier molecular flexibility index (Phi) is 5.06. The van der Waals surface area contributed by atoms with Gasteiger partial charge in [0.15, 0.2) is 0 Å².